The summed E-state index contributed by atoms with van der Waals surface area (Å²) in [5.74, 6) is 0.638. The van der Waals surface area contributed by atoms with E-state index < -0.39 is 0 Å². The second-order valence-electron chi connectivity index (χ2n) is 4.08. The van der Waals surface area contributed by atoms with Crippen LogP contribution >= 0.6 is 0 Å². The highest BCUT2D eigenvalue weighted by Gasteiger charge is 2.34. The first kappa shape index (κ1) is 8.02. The van der Waals surface area contributed by atoms with Gasteiger partial charge in [-0.1, -0.05) is 0 Å². The van der Waals surface area contributed by atoms with Crippen LogP contribution in [-0.4, -0.2) is 18.2 Å². The number of ether oxygens (including phenoxy) is 1. The van der Waals surface area contributed by atoms with Crippen molar-refractivity contribution in [2.24, 2.45) is 11.7 Å². The van der Waals surface area contributed by atoms with Crippen LogP contribution < -0.4 is 5.73 Å². The van der Waals surface area contributed by atoms with Gasteiger partial charge in [0.1, 0.15) is 0 Å². The van der Waals surface area contributed by atoms with E-state index in [4.69, 9.17) is 10.5 Å². The van der Waals surface area contributed by atoms with Crippen LogP contribution in [0.1, 0.15) is 27.2 Å². The summed E-state index contributed by atoms with van der Waals surface area (Å²) in [5, 5.41) is 0. The lowest BCUT2D eigenvalue weighted by molar-refractivity contribution is -0.00935. The lowest BCUT2D eigenvalue weighted by atomic mass is 10.2. The van der Waals surface area contributed by atoms with Gasteiger partial charge in [-0.15, -0.1) is 0 Å². The van der Waals surface area contributed by atoms with Crippen molar-refractivity contribution >= 4 is 0 Å². The zero-order chi connectivity index (χ0) is 7.78. The van der Waals surface area contributed by atoms with Crippen molar-refractivity contribution in [3.63, 3.8) is 0 Å². The number of hydrogen-bond acceptors (Lipinski definition) is 2. The fourth-order valence-electron chi connectivity index (χ4n) is 0.820. The molecule has 1 saturated carbocycles. The third-order valence-electron chi connectivity index (χ3n) is 1.71. The Labute approximate surface area is 62.7 Å². The van der Waals surface area contributed by atoms with E-state index in [1.54, 1.807) is 0 Å². The molecule has 2 heteroatoms. The van der Waals surface area contributed by atoms with Crippen molar-refractivity contribution in [3.05, 3.63) is 0 Å². The molecule has 2 atom stereocenters. The molecule has 60 valence electrons. The Morgan fingerprint density at radius 1 is 1.50 bits per heavy atom. The maximum atomic E-state index is 5.62. The van der Waals surface area contributed by atoms with Crippen LogP contribution in [0.2, 0.25) is 0 Å². The average Bonchev–Trinajstić information content (AvgIpc) is 2.40. The smallest absolute Gasteiger partial charge is 0.0598 e. The normalized spacial score (nSPS) is 32.4. The highest BCUT2D eigenvalue weighted by molar-refractivity contribution is 4.90. The van der Waals surface area contributed by atoms with Crippen molar-refractivity contribution in [2.45, 2.75) is 38.8 Å². The van der Waals surface area contributed by atoms with Crippen LogP contribution in [-0.2, 0) is 4.74 Å². The summed E-state index contributed by atoms with van der Waals surface area (Å²) in [7, 11) is 0. The van der Waals surface area contributed by atoms with E-state index in [0.717, 1.165) is 13.0 Å². The minimum Gasteiger partial charge on any atom is -0.376 e. The van der Waals surface area contributed by atoms with Gasteiger partial charge in [-0.2, -0.15) is 0 Å². The standard InChI is InChI=1S/C8H17NO/c1-8(2,3)10-5-6-4-7(6)9/h6-7H,4-5,9H2,1-3H3. The van der Waals surface area contributed by atoms with Gasteiger partial charge in [0.15, 0.2) is 0 Å². The molecule has 0 aromatic carbocycles. The first-order valence-corrected chi connectivity index (χ1v) is 3.88. The van der Waals surface area contributed by atoms with Gasteiger partial charge >= 0.3 is 0 Å². The van der Waals surface area contributed by atoms with Gasteiger partial charge < -0.3 is 10.5 Å². The van der Waals surface area contributed by atoms with E-state index in [-0.39, 0.29) is 5.60 Å². The third kappa shape index (κ3) is 2.67. The molecule has 0 amide bonds. The van der Waals surface area contributed by atoms with Gasteiger partial charge in [-0.3, -0.25) is 0 Å². The van der Waals surface area contributed by atoms with Crippen molar-refractivity contribution in [1.82, 2.24) is 0 Å². The van der Waals surface area contributed by atoms with Crippen LogP contribution in [0.4, 0.5) is 0 Å². The zero-order valence-corrected chi connectivity index (χ0v) is 7.05. The van der Waals surface area contributed by atoms with Crippen LogP contribution in [0.3, 0.4) is 0 Å². The monoisotopic (exact) mass is 143 g/mol. The first-order valence-electron chi connectivity index (χ1n) is 3.88. The van der Waals surface area contributed by atoms with E-state index in [2.05, 4.69) is 20.8 Å². The zero-order valence-electron chi connectivity index (χ0n) is 7.05. The third-order valence-corrected chi connectivity index (χ3v) is 1.71. The Morgan fingerprint density at radius 2 is 2.00 bits per heavy atom. The fraction of sp³-hybridized carbons (Fsp3) is 1.00. The number of nitrogens with two attached hydrogens (primary N) is 1. The predicted molar refractivity (Wildman–Crippen MR) is 41.8 cm³/mol. The van der Waals surface area contributed by atoms with Crippen LogP contribution in [0.25, 0.3) is 0 Å². The Kier molecular flexibility index (Phi) is 2.02. The molecule has 2 N–H and O–H groups in total. The second kappa shape index (κ2) is 2.51. The summed E-state index contributed by atoms with van der Waals surface area (Å²) >= 11 is 0. The Bertz CT molecular complexity index is 117. The fourth-order valence-corrected chi connectivity index (χ4v) is 0.820. The lowest BCUT2D eigenvalue weighted by Crippen LogP contribution is -2.21. The highest BCUT2D eigenvalue weighted by atomic mass is 16.5. The average molecular weight is 143 g/mol. The number of rotatable bonds is 2. The predicted octanol–water partition coefficient (Wildman–Crippen LogP) is 1.15. The quantitative estimate of drug-likeness (QED) is 0.629. The van der Waals surface area contributed by atoms with Crippen LogP contribution in [0, 0.1) is 5.92 Å². The second-order valence-corrected chi connectivity index (χ2v) is 4.08. The molecule has 0 saturated heterocycles. The summed E-state index contributed by atoms with van der Waals surface area (Å²) in [6.07, 6.45) is 1.15. The van der Waals surface area contributed by atoms with Gasteiger partial charge in [0.2, 0.25) is 0 Å². The van der Waals surface area contributed by atoms with E-state index in [1.165, 1.54) is 0 Å². The highest BCUT2D eigenvalue weighted by Crippen LogP contribution is 2.29. The minimum atomic E-state index is 0.00229. The molecule has 0 aromatic rings. The summed E-state index contributed by atoms with van der Waals surface area (Å²) in [4.78, 5) is 0. The van der Waals surface area contributed by atoms with E-state index in [1.807, 2.05) is 0 Å². The van der Waals surface area contributed by atoms with Gasteiger partial charge in [-0.25, -0.2) is 0 Å². The largest absolute Gasteiger partial charge is 0.376 e. The van der Waals surface area contributed by atoms with Crippen molar-refractivity contribution in [1.29, 1.82) is 0 Å². The topological polar surface area (TPSA) is 35.2 Å². The molecule has 0 aromatic heterocycles. The molecule has 1 aliphatic rings. The van der Waals surface area contributed by atoms with E-state index >= 15 is 0 Å². The SMILES string of the molecule is CC(C)(C)OCC1CC1N. The van der Waals surface area contributed by atoms with Gasteiger partial charge in [-0.05, 0) is 33.1 Å². The maximum Gasteiger partial charge on any atom is 0.0598 e. The molecule has 0 spiro atoms. The van der Waals surface area contributed by atoms with Crippen molar-refractivity contribution < 1.29 is 4.74 Å². The molecular weight excluding hydrogens is 126 g/mol. The molecule has 1 rings (SSSR count). The molecule has 0 bridgehead atoms. The van der Waals surface area contributed by atoms with E-state index in [0.29, 0.717) is 12.0 Å². The van der Waals surface area contributed by atoms with Crippen LogP contribution in [0.5, 0.6) is 0 Å². The van der Waals surface area contributed by atoms with Crippen molar-refractivity contribution in [2.75, 3.05) is 6.61 Å². The Balaban J connectivity index is 2.06. The van der Waals surface area contributed by atoms with Gasteiger partial charge in [0, 0.05) is 6.04 Å². The lowest BCUT2D eigenvalue weighted by Gasteiger charge is -2.19. The Morgan fingerprint density at radius 3 is 2.30 bits per heavy atom. The van der Waals surface area contributed by atoms with Crippen molar-refractivity contribution in [3.8, 4) is 0 Å². The summed E-state index contributed by atoms with van der Waals surface area (Å²) < 4.78 is 5.54. The molecule has 2 nitrogen and oxygen atoms in total. The molecule has 10 heavy (non-hydrogen) atoms. The molecule has 2 unspecified atom stereocenters. The van der Waals surface area contributed by atoms with Gasteiger partial charge in [0.05, 0.1) is 12.2 Å². The molecular formula is C8H17NO. The van der Waals surface area contributed by atoms with E-state index in [9.17, 15) is 0 Å². The summed E-state index contributed by atoms with van der Waals surface area (Å²) in [5.41, 5.74) is 5.62. The van der Waals surface area contributed by atoms with Crippen LogP contribution in [0.15, 0.2) is 0 Å². The summed E-state index contributed by atoms with van der Waals surface area (Å²) in [6.45, 7) is 7.05. The Hall–Kier alpha value is -0.0800. The molecule has 1 fully saturated rings. The molecule has 0 heterocycles. The minimum absolute atomic E-state index is 0.00229. The summed E-state index contributed by atoms with van der Waals surface area (Å²) in [6, 6.07) is 0.419. The molecule has 0 radical (unpaired) electrons. The first-order chi connectivity index (χ1) is 4.49. The van der Waals surface area contributed by atoms with Gasteiger partial charge in [0.25, 0.3) is 0 Å². The maximum absolute atomic E-state index is 5.62. The molecule has 0 aliphatic heterocycles. The molecule has 1 aliphatic carbocycles. The number of hydrogen-bond donors (Lipinski definition) is 1.